The summed E-state index contributed by atoms with van der Waals surface area (Å²) in [5, 5.41) is 120. The summed E-state index contributed by atoms with van der Waals surface area (Å²) in [6, 6.07) is -1.01. The van der Waals surface area contributed by atoms with Crippen LogP contribution in [0.1, 0.15) is 162 Å². The van der Waals surface area contributed by atoms with Gasteiger partial charge in [-0.2, -0.15) is 0 Å². The standard InChI is InChI=1S/C67H109NO18/c1-3-5-7-9-11-13-15-17-18-19-20-21-22-23-24-25-26-27-28-29-30-31-32-33-35-37-39-41-43-45-55(73)68-50(51(72)44-42-40-38-36-34-16-14-12-10-8-6-4-2)49-81-65-61(79)58(76)63(53(47-70)83-65)86-67-62(80)59(77)64(54(48-71)84-67)85-66-60(78)57(75)56(74)52(46-69)82-66/h5,7,10-13,17-18,20-21,23-24,26-27,29-30,34,36,42,44,50-54,56-67,69-72,74-80H,3-4,6,8-9,14-16,19,22,25,28,31-33,35,37-41,43,45-49H2,1-2H3,(H,68,73)/b7-5-,12-10+,13-11-,18-17-,21-20-,24-23-,27-26-,30-29-,36-34+,44-42+. The zero-order valence-electron chi connectivity index (χ0n) is 51.2. The van der Waals surface area contributed by atoms with Gasteiger partial charge in [0.25, 0.3) is 0 Å². The van der Waals surface area contributed by atoms with E-state index in [0.717, 1.165) is 116 Å². The van der Waals surface area contributed by atoms with E-state index < -0.39 is 124 Å². The number of aliphatic hydroxyl groups excluding tert-OH is 11. The lowest BCUT2D eigenvalue weighted by molar-refractivity contribution is -0.379. The number of carbonyl (C=O) groups is 1. The molecular weight excluding hydrogens is 1110 g/mol. The molecule has 3 fully saturated rings. The van der Waals surface area contributed by atoms with Gasteiger partial charge < -0.3 is 89.9 Å². The highest BCUT2D eigenvalue weighted by Crippen LogP contribution is 2.33. The van der Waals surface area contributed by atoms with Crippen molar-refractivity contribution in [2.45, 2.75) is 266 Å². The van der Waals surface area contributed by atoms with Crippen LogP contribution in [0.3, 0.4) is 0 Å². The van der Waals surface area contributed by atoms with Crippen molar-refractivity contribution in [2.24, 2.45) is 0 Å². The van der Waals surface area contributed by atoms with Gasteiger partial charge in [0, 0.05) is 6.42 Å². The molecule has 0 saturated carbocycles. The van der Waals surface area contributed by atoms with Crippen LogP contribution in [0.4, 0.5) is 0 Å². The fourth-order valence-electron chi connectivity index (χ4n) is 9.77. The van der Waals surface area contributed by atoms with E-state index in [4.69, 9.17) is 28.4 Å². The van der Waals surface area contributed by atoms with Gasteiger partial charge in [-0.15, -0.1) is 0 Å². The summed E-state index contributed by atoms with van der Waals surface area (Å²) in [4.78, 5) is 13.3. The van der Waals surface area contributed by atoms with E-state index >= 15 is 0 Å². The lowest BCUT2D eigenvalue weighted by Crippen LogP contribution is -2.66. The van der Waals surface area contributed by atoms with Crippen molar-refractivity contribution >= 4 is 5.91 Å². The molecule has 12 N–H and O–H groups in total. The van der Waals surface area contributed by atoms with Crippen molar-refractivity contribution in [3.8, 4) is 0 Å². The lowest BCUT2D eigenvalue weighted by atomic mass is 9.96. The summed E-state index contributed by atoms with van der Waals surface area (Å²) in [5.74, 6) is -0.310. The molecule has 3 rings (SSSR count). The Hall–Kier alpha value is -3.81. The van der Waals surface area contributed by atoms with Crippen LogP contribution in [-0.4, -0.2) is 193 Å². The molecule has 0 aromatic carbocycles. The summed E-state index contributed by atoms with van der Waals surface area (Å²) in [6.45, 7) is 1.48. The molecule has 17 unspecified atom stereocenters. The van der Waals surface area contributed by atoms with E-state index in [-0.39, 0.29) is 18.9 Å². The molecule has 490 valence electrons. The molecule has 0 radical (unpaired) electrons. The van der Waals surface area contributed by atoms with E-state index in [9.17, 15) is 61.0 Å². The molecule has 3 heterocycles. The van der Waals surface area contributed by atoms with Crippen LogP contribution in [0.25, 0.3) is 0 Å². The molecular formula is C67H109NO18. The fraction of sp³-hybridized carbons (Fsp3) is 0.687. The monoisotopic (exact) mass is 1220 g/mol. The SMILES string of the molecule is CC/C=C\C/C=C\C/C=C\C/C=C\C/C=C\C/C=C\C/C=C\CCCCCCCCCC(=O)NC(COC1OC(CO)C(OC2OC(CO)C(OC3OC(CO)C(O)C(O)C3O)C(O)C2O)C(O)C1O)C(O)/C=C/CC/C=C/CC/C=C/CCCC. The van der Waals surface area contributed by atoms with Gasteiger partial charge in [-0.3, -0.25) is 4.79 Å². The van der Waals surface area contributed by atoms with Gasteiger partial charge >= 0.3 is 0 Å². The molecule has 3 saturated heterocycles. The number of amides is 1. The van der Waals surface area contributed by atoms with Crippen LogP contribution in [-0.2, 0) is 33.2 Å². The van der Waals surface area contributed by atoms with Gasteiger partial charge in [-0.25, -0.2) is 0 Å². The van der Waals surface area contributed by atoms with Crippen LogP contribution < -0.4 is 5.32 Å². The predicted molar refractivity (Wildman–Crippen MR) is 332 cm³/mol. The quantitative estimate of drug-likeness (QED) is 0.0219. The second-order valence-electron chi connectivity index (χ2n) is 22.1. The molecule has 0 aromatic heterocycles. The molecule has 86 heavy (non-hydrogen) atoms. The maximum atomic E-state index is 13.3. The number of unbranched alkanes of at least 4 members (excludes halogenated alkanes) is 11. The van der Waals surface area contributed by atoms with Gasteiger partial charge in [0.2, 0.25) is 5.91 Å². The second-order valence-corrected chi connectivity index (χ2v) is 22.1. The number of hydrogen-bond acceptors (Lipinski definition) is 18. The summed E-state index contributed by atoms with van der Waals surface area (Å²) in [5.41, 5.74) is 0. The summed E-state index contributed by atoms with van der Waals surface area (Å²) in [7, 11) is 0. The van der Waals surface area contributed by atoms with E-state index in [1.807, 2.05) is 6.08 Å². The Bertz CT molecular complexity index is 2030. The third-order valence-corrected chi connectivity index (χ3v) is 15.0. The first-order valence-electron chi connectivity index (χ1n) is 31.8. The number of aliphatic hydroxyl groups is 11. The Morgan fingerprint density at radius 2 is 0.814 bits per heavy atom. The minimum Gasteiger partial charge on any atom is -0.394 e. The van der Waals surface area contributed by atoms with Crippen molar-refractivity contribution < 1.29 is 89.4 Å². The number of carbonyl (C=O) groups excluding carboxylic acids is 1. The number of ether oxygens (including phenoxy) is 6. The second kappa shape index (κ2) is 48.1. The fourth-order valence-corrected chi connectivity index (χ4v) is 9.77. The molecule has 3 aliphatic rings. The average molecular weight is 1220 g/mol. The molecule has 0 spiro atoms. The Kier molecular flexibility index (Phi) is 42.7. The molecule has 0 aromatic rings. The average Bonchev–Trinajstić information content (AvgIpc) is 2.62. The van der Waals surface area contributed by atoms with Crippen LogP contribution >= 0.6 is 0 Å². The van der Waals surface area contributed by atoms with Crippen molar-refractivity contribution in [1.82, 2.24) is 5.32 Å². The first-order valence-corrected chi connectivity index (χ1v) is 31.8. The highest BCUT2D eigenvalue weighted by molar-refractivity contribution is 5.76. The van der Waals surface area contributed by atoms with Gasteiger partial charge in [0.15, 0.2) is 18.9 Å². The summed E-state index contributed by atoms with van der Waals surface area (Å²) in [6.07, 6.45) is 37.6. The Balaban J connectivity index is 1.44. The minimum atomic E-state index is -1.99. The van der Waals surface area contributed by atoms with Gasteiger partial charge in [0.1, 0.15) is 73.2 Å². The van der Waals surface area contributed by atoms with Crippen LogP contribution in [0, 0.1) is 0 Å². The maximum Gasteiger partial charge on any atom is 0.220 e. The number of nitrogens with one attached hydrogen (secondary N) is 1. The van der Waals surface area contributed by atoms with Gasteiger partial charge in [0.05, 0.1) is 38.6 Å². The lowest BCUT2D eigenvalue weighted by Gasteiger charge is -2.48. The Morgan fingerprint density at radius 3 is 1.30 bits per heavy atom. The molecule has 1 amide bonds. The van der Waals surface area contributed by atoms with Crippen LogP contribution in [0.5, 0.6) is 0 Å². The molecule has 17 atom stereocenters. The predicted octanol–water partition coefficient (Wildman–Crippen LogP) is 6.87. The number of allylic oxidation sites excluding steroid dienone is 19. The van der Waals surface area contributed by atoms with E-state index in [0.29, 0.717) is 12.8 Å². The first-order chi connectivity index (χ1) is 41.8. The van der Waals surface area contributed by atoms with Crippen molar-refractivity contribution in [2.75, 3.05) is 26.4 Å². The molecule has 19 nitrogen and oxygen atoms in total. The smallest absolute Gasteiger partial charge is 0.220 e. The highest BCUT2D eigenvalue weighted by Gasteiger charge is 2.53. The zero-order valence-corrected chi connectivity index (χ0v) is 51.2. The Labute approximate surface area is 512 Å². The van der Waals surface area contributed by atoms with Crippen LogP contribution in [0.15, 0.2) is 122 Å². The van der Waals surface area contributed by atoms with Crippen molar-refractivity contribution in [3.63, 3.8) is 0 Å². The van der Waals surface area contributed by atoms with E-state index in [1.54, 1.807) is 6.08 Å². The van der Waals surface area contributed by atoms with Gasteiger partial charge in [-0.05, 0) is 96.3 Å². The van der Waals surface area contributed by atoms with E-state index in [1.165, 1.54) is 12.8 Å². The zero-order chi connectivity index (χ0) is 62.6. The van der Waals surface area contributed by atoms with Crippen molar-refractivity contribution in [1.29, 1.82) is 0 Å². The largest absolute Gasteiger partial charge is 0.394 e. The third kappa shape index (κ3) is 30.6. The first kappa shape index (κ1) is 76.4. The summed E-state index contributed by atoms with van der Waals surface area (Å²) < 4.78 is 34.2. The summed E-state index contributed by atoms with van der Waals surface area (Å²) >= 11 is 0. The van der Waals surface area contributed by atoms with Crippen molar-refractivity contribution in [3.05, 3.63) is 122 Å². The molecule has 3 aliphatic heterocycles. The minimum absolute atomic E-state index is 0.210. The van der Waals surface area contributed by atoms with Gasteiger partial charge in [-0.1, -0.05) is 180 Å². The number of rotatable bonds is 45. The van der Waals surface area contributed by atoms with Crippen LogP contribution in [0.2, 0.25) is 0 Å². The normalized spacial score (nSPS) is 29.6. The Morgan fingerprint density at radius 1 is 0.430 bits per heavy atom. The molecule has 0 bridgehead atoms. The third-order valence-electron chi connectivity index (χ3n) is 15.0. The van der Waals surface area contributed by atoms with E-state index in [2.05, 4.69) is 129 Å². The topological polar surface area (TPSA) is 307 Å². The molecule has 19 heteroatoms. The maximum absolute atomic E-state index is 13.3. The highest BCUT2D eigenvalue weighted by atomic mass is 16.8. The number of hydrogen-bond donors (Lipinski definition) is 12. The molecule has 0 aliphatic carbocycles.